The van der Waals surface area contributed by atoms with Gasteiger partial charge in [0.15, 0.2) is 0 Å². The maximum Gasteiger partial charge on any atom is 0.320 e. The van der Waals surface area contributed by atoms with Gasteiger partial charge in [0.05, 0.1) is 12.6 Å². The van der Waals surface area contributed by atoms with Crippen LogP contribution in [0.3, 0.4) is 0 Å². The lowest BCUT2D eigenvalue weighted by molar-refractivity contribution is -0.156. The van der Waals surface area contributed by atoms with Gasteiger partial charge in [-0.1, -0.05) is 20.8 Å². The van der Waals surface area contributed by atoms with Crippen molar-refractivity contribution in [3.05, 3.63) is 60.3 Å². The molecule has 5 rings (SSSR count). The van der Waals surface area contributed by atoms with E-state index in [1.807, 2.05) is 51.4 Å². The third-order valence-electron chi connectivity index (χ3n) is 9.67. The maximum absolute atomic E-state index is 14.9. The molecule has 280 valence electrons. The summed E-state index contributed by atoms with van der Waals surface area (Å²) in [4.78, 5) is 32.9. The molecule has 2 atom stereocenters. The number of halogens is 1. The summed E-state index contributed by atoms with van der Waals surface area (Å²) in [6, 6.07) is 9.15. The summed E-state index contributed by atoms with van der Waals surface area (Å²) in [6.07, 6.45) is 11.8. The number of carbonyl (C=O) groups excluding carboxylic acids is 1. The molecule has 2 saturated heterocycles. The fraction of sp³-hybridized carbons (Fsp3) is 0.579. The number of carbonyl (C=O) groups is 1. The second-order valence-corrected chi connectivity index (χ2v) is 19.8. The van der Waals surface area contributed by atoms with Crippen LogP contribution in [-0.4, -0.2) is 112 Å². The van der Waals surface area contributed by atoms with Crippen LogP contribution in [0.2, 0.25) is 0 Å². The lowest BCUT2D eigenvalue weighted by atomic mass is 10.1. The van der Waals surface area contributed by atoms with Crippen molar-refractivity contribution in [1.29, 1.82) is 0 Å². The minimum Gasteiger partial charge on any atom is -0.459 e. The molecule has 3 aromatic rings. The number of pyridine rings is 1. The highest BCUT2D eigenvalue weighted by atomic mass is 32.3. The predicted octanol–water partition coefficient (Wildman–Crippen LogP) is 5.97. The number of nitrogens with zero attached hydrogens (tertiary/aromatic N) is 6. The summed E-state index contributed by atoms with van der Waals surface area (Å²) in [6.45, 7) is 17.3. The standard InChI is InChI=1S/C38H57FN8O3S/c1-37(2,3)49-35(48)26-46-17-15-45(16-18-46)24-28-19-30(9-10-33(28)39)44-34-20-27(12-14-41-34)29-22-42-36(43-23-29)47-25-32(21-31(47)11-13-40)50-51(7,8)38(4,5)6/h9-10,12,14,19-20,22-23,31-32H,11,13,15-18,21,24-26,40H2,1-8H3,(H,41,44). The van der Waals surface area contributed by atoms with E-state index in [0.717, 1.165) is 62.4 Å². The van der Waals surface area contributed by atoms with Crippen molar-refractivity contribution in [2.75, 3.05) is 68.5 Å². The molecule has 1 aromatic carbocycles. The highest BCUT2D eigenvalue weighted by molar-refractivity contribution is 8.29. The first-order valence-electron chi connectivity index (χ1n) is 17.9. The molecule has 51 heavy (non-hydrogen) atoms. The lowest BCUT2D eigenvalue weighted by Gasteiger charge is -2.45. The van der Waals surface area contributed by atoms with Gasteiger partial charge in [0, 0.05) is 85.5 Å². The normalized spacial score (nSPS) is 19.7. The zero-order valence-electron chi connectivity index (χ0n) is 31.6. The van der Waals surface area contributed by atoms with E-state index in [2.05, 4.69) is 58.3 Å². The minimum atomic E-state index is -1.26. The van der Waals surface area contributed by atoms with Gasteiger partial charge in [-0.15, -0.1) is 10.3 Å². The average molecular weight is 725 g/mol. The molecule has 0 radical (unpaired) electrons. The Morgan fingerprint density at radius 2 is 1.67 bits per heavy atom. The van der Waals surface area contributed by atoms with Gasteiger partial charge in [-0.05, 0) is 88.6 Å². The van der Waals surface area contributed by atoms with Crippen LogP contribution in [0, 0.1) is 5.82 Å². The first kappa shape index (κ1) is 38.9. The quantitative estimate of drug-likeness (QED) is 0.215. The van der Waals surface area contributed by atoms with E-state index in [1.54, 1.807) is 12.3 Å². The lowest BCUT2D eigenvalue weighted by Crippen LogP contribution is -2.48. The topological polar surface area (TPSA) is 122 Å². The van der Waals surface area contributed by atoms with Crippen LogP contribution in [0.4, 0.5) is 21.8 Å². The molecule has 11 nitrogen and oxygen atoms in total. The zero-order chi connectivity index (χ0) is 37.0. The van der Waals surface area contributed by atoms with E-state index in [9.17, 15) is 9.18 Å². The van der Waals surface area contributed by atoms with Gasteiger partial charge in [-0.25, -0.2) is 19.3 Å². The number of aromatic nitrogens is 3. The molecule has 2 aromatic heterocycles. The molecule has 3 N–H and O–H groups in total. The van der Waals surface area contributed by atoms with Crippen molar-refractivity contribution in [1.82, 2.24) is 24.8 Å². The van der Waals surface area contributed by atoms with Crippen LogP contribution in [0.1, 0.15) is 59.9 Å². The number of rotatable bonds is 12. The fourth-order valence-corrected chi connectivity index (χ4v) is 7.37. The minimum absolute atomic E-state index is 0.0853. The van der Waals surface area contributed by atoms with Gasteiger partial charge < -0.3 is 24.9 Å². The summed E-state index contributed by atoms with van der Waals surface area (Å²) in [5.74, 6) is 0.848. The predicted molar refractivity (Wildman–Crippen MR) is 206 cm³/mol. The third-order valence-corrected chi connectivity index (χ3v) is 13.4. The molecule has 0 amide bonds. The summed E-state index contributed by atoms with van der Waals surface area (Å²) in [5.41, 5.74) is 8.64. The van der Waals surface area contributed by atoms with Gasteiger partial charge in [-0.3, -0.25) is 14.6 Å². The van der Waals surface area contributed by atoms with Gasteiger partial charge >= 0.3 is 5.97 Å². The van der Waals surface area contributed by atoms with Crippen molar-refractivity contribution in [2.45, 2.75) is 83.4 Å². The molecule has 0 spiro atoms. The Bertz CT molecular complexity index is 1620. The number of hydrogen-bond acceptors (Lipinski definition) is 11. The Hall–Kier alpha value is -3.36. The Kier molecular flexibility index (Phi) is 12.3. The van der Waals surface area contributed by atoms with Crippen LogP contribution in [0.15, 0.2) is 48.9 Å². The second kappa shape index (κ2) is 16.1. The number of piperazine rings is 1. The van der Waals surface area contributed by atoms with Crippen LogP contribution < -0.4 is 16.0 Å². The van der Waals surface area contributed by atoms with Crippen molar-refractivity contribution in [2.24, 2.45) is 5.73 Å². The van der Waals surface area contributed by atoms with Crippen molar-refractivity contribution < 1.29 is 18.1 Å². The fourth-order valence-electron chi connectivity index (χ4n) is 6.26. The smallest absolute Gasteiger partial charge is 0.320 e. The molecular formula is C38H57FN8O3S. The first-order chi connectivity index (χ1) is 24.0. The Labute approximate surface area is 305 Å². The molecular weight excluding hydrogens is 668 g/mol. The molecule has 2 aliphatic rings. The number of hydrogen-bond donors (Lipinski definition) is 2. The number of benzene rings is 1. The Morgan fingerprint density at radius 1 is 0.980 bits per heavy atom. The summed E-state index contributed by atoms with van der Waals surface area (Å²) >= 11 is 0. The average Bonchev–Trinajstić information content (AvgIpc) is 3.44. The van der Waals surface area contributed by atoms with E-state index in [0.29, 0.717) is 30.4 Å². The van der Waals surface area contributed by atoms with Crippen molar-refractivity contribution >= 4 is 33.7 Å². The summed E-state index contributed by atoms with van der Waals surface area (Å²) in [5, 5.41) is 3.35. The maximum atomic E-state index is 14.9. The molecule has 2 aliphatic heterocycles. The van der Waals surface area contributed by atoms with E-state index < -0.39 is 15.9 Å². The molecule has 2 unspecified atom stereocenters. The SMILES string of the molecule is CC(C)(C)OC(=O)CN1CCN(Cc2cc(Nc3cc(-c4cnc(N5CC(OS(C)(C)C(C)(C)C)CC5CCN)nc4)ccn3)ccc2F)CC1. The largest absolute Gasteiger partial charge is 0.459 e. The highest BCUT2D eigenvalue weighted by Crippen LogP contribution is 2.55. The van der Waals surface area contributed by atoms with Crippen LogP contribution in [0.5, 0.6) is 0 Å². The molecule has 0 saturated carbocycles. The van der Waals surface area contributed by atoms with Gasteiger partial charge in [0.25, 0.3) is 0 Å². The number of nitrogens with two attached hydrogens (primary N) is 1. The number of esters is 1. The van der Waals surface area contributed by atoms with Gasteiger partial charge in [-0.2, -0.15) is 0 Å². The van der Waals surface area contributed by atoms with Crippen LogP contribution in [0.25, 0.3) is 11.1 Å². The monoisotopic (exact) mass is 724 g/mol. The Balaban J connectivity index is 1.19. The van der Waals surface area contributed by atoms with Gasteiger partial charge in [0.1, 0.15) is 17.2 Å². The second-order valence-electron chi connectivity index (χ2n) is 16.0. The highest BCUT2D eigenvalue weighted by Gasteiger charge is 2.39. The molecule has 0 bridgehead atoms. The molecule has 2 fully saturated rings. The number of nitrogens with one attached hydrogen (secondary N) is 1. The van der Waals surface area contributed by atoms with E-state index in [4.69, 9.17) is 24.6 Å². The van der Waals surface area contributed by atoms with Crippen molar-refractivity contribution in [3.63, 3.8) is 0 Å². The van der Waals surface area contributed by atoms with Crippen LogP contribution >= 0.6 is 10.3 Å². The number of ether oxygens (including phenoxy) is 1. The van der Waals surface area contributed by atoms with Crippen LogP contribution in [-0.2, 0) is 20.3 Å². The van der Waals surface area contributed by atoms with Gasteiger partial charge in [0.2, 0.25) is 5.95 Å². The molecule has 4 heterocycles. The Morgan fingerprint density at radius 3 is 2.31 bits per heavy atom. The van der Waals surface area contributed by atoms with E-state index >= 15 is 0 Å². The summed E-state index contributed by atoms with van der Waals surface area (Å²) in [7, 11) is -1.26. The first-order valence-corrected chi connectivity index (χ1v) is 20.3. The molecule has 0 aliphatic carbocycles. The molecule has 13 heteroatoms. The van der Waals surface area contributed by atoms with Crippen molar-refractivity contribution in [3.8, 4) is 11.1 Å². The third kappa shape index (κ3) is 10.6. The summed E-state index contributed by atoms with van der Waals surface area (Å²) < 4.78 is 27.2. The number of anilines is 3. The van der Waals surface area contributed by atoms with E-state index in [-0.39, 0.29) is 35.2 Å². The zero-order valence-corrected chi connectivity index (χ0v) is 32.4. The van der Waals surface area contributed by atoms with E-state index in [1.165, 1.54) is 6.07 Å².